The SMILES string of the molecule is C[C@@H]1CCCC[C@H]1NC(=O)[C@@]1(C)Cn2c(cc3sccc32)C(=O)N1Cc1ccccc1F. The number of hydrogen-bond acceptors (Lipinski definition) is 3. The monoisotopic (exact) mass is 453 g/mol. The van der Waals surface area contributed by atoms with Crippen LogP contribution in [0.3, 0.4) is 0 Å². The van der Waals surface area contributed by atoms with Crippen molar-refractivity contribution in [2.45, 2.75) is 64.2 Å². The van der Waals surface area contributed by atoms with Crippen LogP contribution < -0.4 is 5.32 Å². The summed E-state index contributed by atoms with van der Waals surface area (Å²) < 4.78 is 17.5. The fourth-order valence-electron chi connectivity index (χ4n) is 5.17. The molecule has 2 aliphatic rings. The van der Waals surface area contributed by atoms with E-state index in [0.29, 0.717) is 23.7 Å². The summed E-state index contributed by atoms with van der Waals surface area (Å²) in [6.07, 6.45) is 4.33. The molecule has 3 atom stereocenters. The van der Waals surface area contributed by atoms with Crippen LogP contribution in [-0.2, 0) is 17.9 Å². The highest BCUT2D eigenvalue weighted by Gasteiger charge is 2.48. The first kappa shape index (κ1) is 21.2. The van der Waals surface area contributed by atoms with Crippen molar-refractivity contribution in [3.8, 4) is 0 Å². The molecular weight excluding hydrogens is 425 g/mol. The zero-order valence-electron chi connectivity index (χ0n) is 18.4. The molecule has 0 spiro atoms. The standard InChI is InChI=1S/C25H28FN3O2S/c1-16-7-3-6-10-19(16)27-24(31)25(2)15-28-20-11-12-32-22(20)13-21(28)23(30)29(25)14-17-8-4-5-9-18(17)26/h4-5,8-9,11-13,16,19H,3,6-7,10,14-15H2,1-2H3,(H,27,31)/t16-,19-,25-/m1/s1. The van der Waals surface area contributed by atoms with Gasteiger partial charge in [-0.3, -0.25) is 9.59 Å². The number of amides is 2. The van der Waals surface area contributed by atoms with E-state index < -0.39 is 5.54 Å². The number of carbonyl (C=O) groups is 2. The zero-order chi connectivity index (χ0) is 22.5. The average Bonchev–Trinajstić information content (AvgIpc) is 3.36. The van der Waals surface area contributed by atoms with E-state index in [1.165, 1.54) is 12.5 Å². The van der Waals surface area contributed by atoms with Crippen molar-refractivity contribution in [3.63, 3.8) is 0 Å². The minimum Gasteiger partial charge on any atom is -0.351 e. The molecule has 2 amide bonds. The first-order valence-corrected chi connectivity index (χ1v) is 12.2. The van der Waals surface area contributed by atoms with Crippen LogP contribution in [0.2, 0.25) is 0 Å². The van der Waals surface area contributed by atoms with E-state index in [0.717, 1.165) is 29.5 Å². The lowest BCUT2D eigenvalue weighted by Gasteiger charge is -2.45. The van der Waals surface area contributed by atoms with E-state index in [1.54, 1.807) is 34.4 Å². The second-order valence-corrected chi connectivity index (χ2v) is 10.3. The van der Waals surface area contributed by atoms with Gasteiger partial charge in [-0.15, -0.1) is 11.3 Å². The summed E-state index contributed by atoms with van der Waals surface area (Å²) in [6, 6.07) is 10.4. The second kappa shape index (κ2) is 8.03. The Labute approximate surface area is 191 Å². The van der Waals surface area contributed by atoms with Crippen molar-refractivity contribution in [3.05, 3.63) is 58.9 Å². The summed E-state index contributed by atoms with van der Waals surface area (Å²) >= 11 is 1.58. The predicted molar refractivity (Wildman–Crippen MR) is 124 cm³/mol. The number of nitrogens with one attached hydrogen (secondary N) is 1. The first-order chi connectivity index (χ1) is 15.4. The third-order valence-corrected chi connectivity index (χ3v) is 8.11. The number of carbonyl (C=O) groups excluding carboxylic acids is 2. The largest absolute Gasteiger partial charge is 0.351 e. The van der Waals surface area contributed by atoms with Gasteiger partial charge in [0.15, 0.2) is 0 Å². The van der Waals surface area contributed by atoms with E-state index in [9.17, 15) is 14.0 Å². The third-order valence-electron chi connectivity index (χ3n) is 7.25. The van der Waals surface area contributed by atoms with E-state index >= 15 is 0 Å². The van der Waals surface area contributed by atoms with Crippen molar-refractivity contribution in [1.29, 1.82) is 0 Å². The lowest BCUT2D eigenvalue weighted by atomic mass is 9.85. The molecule has 1 fully saturated rings. The number of halogens is 1. The lowest BCUT2D eigenvalue weighted by Crippen LogP contribution is -2.65. The molecule has 0 bridgehead atoms. The van der Waals surface area contributed by atoms with Gasteiger partial charge in [0.1, 0.15) is 17.1 Å². The van der Waals surface area contributed by atoms with Crippen LogP contribution in [0.15, 0.2) is 41.8 Å². The smallest absolute Gasteiger partial charge is 0.271 e. The van der Waals surface area contributed by atoms with Crippen molar-refractivity contribution >= 4 is 33.4 Å². The molecule has 1 aliphatic heterocycles. The highest BCUT2D eigenvalue weighted by atomic mass is 32.1. The fourth-order valence-corrected chi connectivity index (χ4v) is 5.99. The minimum absolute atomic E-state index is 0.0501. The van der Waals surface area contributed by atoms with Gasteiger partial charge >= 0.3 is 0 Å². The van der Waals surface area contributed by atoms with Gasteiger partial charge in [0.2, 0.25) is 5.91 Å². The van der Waals surface area contributed by atoms with Crippen molar-refractivity contribution in [2.75, 3.05) is 0 Å². The molecule has 0 unspecified atom stereocenters. The van der Waals surface area contributed by atoms with Gasteiger partial charge in [0.25, 0.3) is 5.91 Å². The molecule has 3 heterocycles. The molecule has 5 rings (SSSR count). The molecular formula is C25H28FN3O2S. The second-order valence-electron chi connectivity index (χ2n) is 9.38. The third kappa shape index (κ3) is 3.43. The quantitative estimate of drug-likeness (QED) is 0.608. The van der Waals surface area contributed by atoms with Crippen molar-refractivity contribution < 1.29 is 14.0 Å². The predicted octanol–water partition coefficient (Wildman–Crippen LogP) is 4.95. The Balaban J connectivity index is 1.54. The number of rotatable bonds is 4. The molecule has 0 saturated heterocycles. The minimum atomic E-state index is -1.13. The zero-order valence-corrected chi connectivity index (χ0v) is 19.3. The number of fused-ring (bicyclic) bond motifs is 3. The van der Waals surface area contributed by atoms with Crippen LogP contribution in [0.5, 0.6) is 0 Å². The number of nitrogens with zero attached hydrogens (tertiary/aromatic N) is 2. The molecule has 168 valence electrons. The molecule has 1 N–H and O–H groups in total. The van der Waals surface area contributed by atoms with Gasteiger partial charge in [-0.2, -0.15) is 0 Å². The highest BCUT2D eigenvalue weighted by Crippen LogP contribution is 2.36. The maximum atomic E-state index is 14.5. The van der Waals surface area contributed by atoms with Crippen LogP contribution in [0, 0.1) is 11.7 Å². The Kier molecular flexibility index (Phi) is 5.32. The molecule has 1 aliphatic carbocycles. The molecule has 2 aromatic heterocycles. The maximum absolute atomic E-state index is 14.5. The number of thiophene rings is 1. The normalized spacial score (nSPS) is 25.7. The van der Waals surface area contributed by atoms with Gasteiger partial charge in [-0.1, -0.05) is 38.0 Å². The van der Waals surface area contributed by atoms with Gasteiger partial charge in [-0.05, 0) is 49.3 Å². The molecule has 5 nitrogen and oxygen atoms in total. The van der Waals surface area contributed by atoms with E-state index in [4.69, 9.17) is 0 Å². The van der Waals surface area contributed by atoms with Crippen LogP contribution in [0.25, 0.3) is 10.2 Å². The molecule has 3 aromatic rings. The summed E-state index contributed by atoms with van der Waals surface area (Å²) in [5.74, 6) is -0.367. The molecule has 0 radical (unpaired) electrons. The first-order valence-electron chi connectivity index (χ1n) is 11.3. The van der Waals surface area contributed by atoms with Crippen molar-refractivity contribution in [1.82, 2.24) is 14.8 Å². The lowest BCUT2D eigenvalue weighted by molar-refractivity contribution is -0.134. The summed E-state index contributed by atoms with van der Waals surface area (Å²) in [5, 5.41) is 5.25. The van der Waals surface area contributed by atoms with Gasteiger partial charge < -0.3 is 14.8 Å². The van der Waals surface area contributed by atoms with Gasteiger partial charge in [0, 0.05) is 11.6 Å². The number of aromatic nitrogens is 1. The van der Waals surface area contributed by atoms with Crippen LogP contribution in [0.1, 0.15) is 55.6 Å². The summed E-state index contributed by atoms with van der Waals surface area (Å²) in [4.78, 5) is 29.0. The topological polar surface area (TPSA) is 54.3 Å². The Bertz CT molecular complexity index is 1190. The van der Waals surface area contributed by atoms with Gasteiger partial charge in [-0.25, -0.2) is 4.39 Å². The Morgan fingerprint density at radius 1 is 1.25 bits per heavy atom. The summed E-state index contributed by atoms with van der Waals surface area (Å²) in [6.45, 7) is 4.38. The van der Waals surface area contributed by atoms with E-state index in [1.807, 2.05) is 29.0 Å². The number of benzene rings is 1. The summed E-state index contributed by atoms with van der Waals surface area (Å²) in [7, 11) is 0. The van der Waals surface area contributed by atoms with Crippen LogP contribution in [0.4, 0.5) is 4.39 Å². The Morgan fingerprint density at radius 3 is 2.81 bits per heavy atom. The van der Waals surface area contributed by atoms with Crippen molar-refractivity contribution in [2.24, 2.45) is 5.92 Å². The van der Waals surface area contributed by atoms with E-state index in [-0.39, 0.29) is 30.2 Å². The van der Waals surface area contributed by atoms with Crippen LogP contribution >= 0.6 is 11.3 Å². The number of hydrogen-bond donors (Lipinski definition) is 1. The van der Waals surface area contributed by atoms with Gasteiger partial charge in [0.05, 0.1) is 23.3 Å². The van der Waals surface area contributed by atoms with Crippen LogP contribution in [-0.4, -0.2) is 32.9 Å². The maximum Gasteiger partial charge on any atom is 0.271 e. The molecule has 1 aromatic carbocycles. The average molecular weight is 454 g/mol. The highest BCUT2D eigenvalue weighted by molar-refractivity contribution is 7.17. The molecule has 1 saturated carbocycles. The van der Waals surface area contributed by atoms with E-state index in [2.05, 4.69) is 12.2 Å². The fraction of sp³-hybridized carbons (Fsp3) is 0.440. The Hall–Kier alpha value is -2.67. The summed E-state index contributed by atoms with van der Waals surface area (Å²) in [5.41, 5.74) is 0.804. The Morgan fingerprint density at radius 2 is 2.03 bits per heavy atom. The molecule has 32 heavy (non-hydrogen) atoms. The molecule has 7 heteroatoms.